The quantitative estimate of drug-likeness (QED) is 0.844. The standard InChI is InChI=1S/C20H26N4O2/c1-13-11-18(22-15(3)21-13)16-5-4-8-24(12-16)14(2)17-6-7-19-20(23-17)26-10-9-25-19/h6-7,11,14,16H,4-5,8-10,12H2,1-3H3/t14-,16?/m1/s1. The van der Waals surface area contributed by atoms with Crippen LogP contribution in [-0.4, -0.2) is 46.2 Å². The van der Waals surface area contributed by atoms with Crippen molar-refractivity contribution in [3.05, 3.63) is 41.1 Å². The van der Waals surface area contributed by atoms with E-state index in [1.54, 1.807) is 0 Å². The molecule has 2 aliphatic rings. The SMILES string of the molecule is Cc1cc(C2CCCN([C@H](C)c3ccc4c(n3)OCCO4)C2)nc(C)n1. The molecule has 138 valence electrons. The summed E-state index contributed by atoms with van der Waals surface area (Å²) in [4.78, 5) is 16.3. The number of hydrogen-bond acceptors (Lipinski definition) is 6. The van der Waals surface area contributed by atoms with Crippen LogP contribution in [0.5, 0.6) is 11.6 Å². The van der Waals surface area contributed by atoms with Crippen molar-refractivity contribution in [1.29, 1.82) is 0 Å². The molecule has 0 radical (unpaired) electrons. The molecule has 0 amide bonds. The lowest BCUT2D eigenvalue weighted by Crippen LogP contribution is -2.37. The molecule has 2 aliphatic heterocycles. The number of rotatable bonds is 3. The number of hydrogen-bond donors (Lipinski definition) is 0. The van der Waals surface area contributed by atoms with Gasteiger partial charge in [0, 0.05) is 29.9 Å². The monoisotopic (exact) mass is 354 g/mol. The maximum absolute atomic E-state index is 5.65. The number of aromatic nitrogens is 3. The van der Waals surface area contributed by atoms with Gasteiger partial charge in [0.1, 0.15) is 19.0 Å². The van der Waals surface area contributed by atoms with Gasteiger partial charge in [-0.15, -0.1) is 0 Å². The average Bonchev–Trinajstić information content (AvgIpc) is 2.66. The molecule has 2 atom stereocenters. The zero-order chi connectivity index (χ0) is 18.1. The molecule has 26 heavy (non-hydrogen) atoms. The second-order valence-corrected chi connectivity index (χ2v) is 7.23. The van der Waals surface area contributed by atoms with E-state index in [1.807, 2.05) is 19.9 Å². The summed E-state index contributed by atoms with van der Waals surface area (Å²) in [5, 5.41) is 0. The molecule has 6 nitrogen and oxygen atoms in total. The summed E-state index contributed by atoms with van der Waals surface area (Å²) in [5.74, 6) is 2.68. The van der Waals surface area contributed by atoms with Crippen molar-refractivity contribution in [3.8, 4) is 11.6 Å². The van der Waals surface area contributed by atoms with Crippen molar-refractivity contribution in [2.75, 3.05) is 26.3 Å². The minimum absolute atomic E-state index is 0.234. The number of nitrogens with zero attached hydrogens (tertiary/aromatic N) is 4. The third-order valence-electron chi connectivity index (χ3n) is 5.26. The summed E-state index contributed by atoms with van der Waals surface area (Å²) in [7, 11) is 0. The largest absolute Gasteiger partial charge is 0.484 e. The van der Waals surface area contributed by atoms with Crippen LogP contribution >= 0.6 is 0 Å². The van der Waals surface area contributed by atoms with Crippen LogP contribution in [0.3, 0.4) is 0 Å². The third-order valence-corrected chi connectivity index (χ3v) is 5.26. The summed E-state index contributed by atoms with van der Waals surface area (Å²) >= 11 is 0. The van der Waals surface area contributed by atoms with Gasteiger partial charge in [0.15, 0.2) is 5.75 Å². The number of piperidine rings is 1. The molecule has 6 heteroatoms. The van der Waals surface area contributed by atoms with E-state index in [0.29, 0.717) is 25.0 Å². The van der Waals surface area contributed by atoms with E-state index in [2.05, 4.69) is 28.9 Å². The Morgan fingerprint density at radius 2 is 1.96 bits per heavy atom. The first kappa shape index (κ1) is 17.2. The third kappa shape index (κ3) is 3.51. The molecule has 0 aromatic carbocycles. The lowest BCUT2D eigenvalue weighted by Gasteiger charge is -2.36. The molecule has 0 N–H and O–H groups in total. The summed E-state index contributed by atoms with van der Waals surface area (Å²) in [5.41, 5.74) is 3.25. The van der Waals surface area contributed by atoms with Crippen LogP contribution in [0.15, 0.2) is 18.2 Å². The first-order valence-corrected chi connectivity index (χ1v) is 9.43. The van der Waals surface area contributed by atoms with Crippen LogP contribution in [0.4, 0.5) is 0 Å². The van der Waals surface area contributed by atoms with Crippen molar-refractivity contribution in [3.63, 3.8) is 0 Å². The Labute approximate surface area is 154 Å². The van der Waals surface area contributed by atoms with E-state index in [4.69, 9.17) is 19.4 Å². The van der Waals surface area contributed by atoms with Gasteiger partial charge in [0.05, 0.1) is 5.69 Å². The maximum atomic E-state index is 5.65. The fourth-order valence-electron chi connectivity index (χ4n) is 3.92. The van der Waals surface area contributed by atoms with E-state index in [0.717, 1.165) is 36.1 Å². The average molecular weight is 354 g/mol. The van der Waals surface area contributed by atoms with Crippen LogP contribution in [0, 0.1) is 13.8 Å². The predicted octanol–water partition coefficient (Wildman–Crippen LogP) is 3.20. The Morgan fingerprint density at radius 1 is 1.12 bits per heavy atom. The van der Waals surface area contributed by atoms with Gasteiger partial charge in [-0.25, -0.2) is 15.0 Å². The molecule has 0 bridgehead atoms. The van der Waals surface area contributed by atoms with Gasteiger partial charge in [0.2, 0.25) is 0 Å². The lowest BCUT2D eigenvalue weighted by atomic mass is 9.92. The molecular formula is C20H26N4O2. The Bertz CT molecular complexity index is 775. The fourth-order valence-corrected chi connectivity index (χ4v) is 3.92. The highest BCUT2D eigenvalue weighted by Gasteiger charge is 2.28. The van der Waals surface area contributed by atoms with Gasteiger partial charge in [-0.3, -0.25) is 4.90 Å². The number of pyridine rings is 1. The van der Waals surface area contributed by atoms with E-state index in [9.17, 15) is 0 Å². The second kappa shape index (κ2) is 7.19. The Hall–Kier alpha value is -2.21. The van der Waals surface area contributed by atoms with Crippen molar-refractivity contribution in [2.45, 2.75) is 45.6 Å². The number of fused-ring (bicyclic) bond motifs is 1. The molecule has 1 saturated heterocycles. The minimum atomic E-state index is 0.234. The molecule has 1 unspecified atom stereocenters. The first-order valence-electron chi connectivity index (χ1n) is 9.43. The first-order chi connectivity index (χ1) is 12.6. The van der Waals surface area contributed by atoms with Crippen LogP contribution in [-0.2, 0) is 0 Å². The smallest absolute Gasteiger partial charge is 0.257 e. The second-order valence-electron chi connectivity index (χ2n) is 7.23. The van der Waals surface area contributed by atoms with Gasteiger partial charge in [0.25, 0.3) is 5.88 Å². The summed E-state index contributed by atoms with van der Waals surface area (Å²) in [6, 6.07) is 6.40. The van der Waals surface area contributed by atoms with Gasteiger partial charge in [-0.05, 0) is 58.4 Å². The molecule has 2 aromatic heterocycles. The lowest BCUT2D eigenvalue weighted by molar-refractivity contribution is 0.147. The zero-order valence-corrected chi connectivity index (χ0v) is 15.7. The van der Waals surface area contributed by atoms with Crippen molar-refractivity contribution in [1.82, 2.24) is 19.9 Å². The molecular weight excluding hydrogens is 328 g/mol. The Balaban J connectivity index is 1.52. The van der Waals surface area contributed by atoms with E-state index in [1.165, 1.54) is 18.5 Å². The van der Waals surface area contributed by atoms with E-state index >= 15 is 0 Å². The van der Waals surface area contributed by atoms with Gasteiger partial charge >= 0.3 is 0 Å². The van der Waals surface area contributed by atoms with Crippen LogP contribution in [0.1, 0.15) is 54.6 Å². The highest BCUT2D eigenvalue weighted by Crippen LogP contribution is 2.34. The summed E-state index contributed by atoms with van der Waals surface area (Å²) in [6.07, 6.45) is 2.34. The van der Waals surface area contributed by atoms with Crippen molar-refractivity contribution in [2.24, 2.45) is 0 Å². The zero-order valence-electron chi connectivity index (χ0n) is 15.7. The molecule has 0 saturated carbocycles. The van der Waals surface area contributed by atoms with Gasteiger partial charge in [-0.2, -0.15) is 0 Å². The highest BCUT2D eigenvalue weighted by molar-refractivity contribution is 5.36. The molecule has 2 aromatic rings. The molecule has 4 rings (SSSR count). The van der Waals surface area contributed by atoms with E-state index < -0.39 is 0 Å². The van der Waals surface area contributed by atoms with Crippen molar-refractivity contribution >= 4 is 0 Å². The normalized spacial score (nSPS) is 21.4. The van der Waals surface area contributed by atoms with Crippen molar-refractivity contribution < 1.29 is 9.47 Å². The topological polar surface area (TPSA) is 60.4 Å². The van der Waals surface area contributed by atoms with Gasteiger partial charge < -0.3 is 9.47 Å². The van der Waals surface area contributed by atoms with E-state index in [-0.39, 0.29) is 6.04 Å². The number of ether oxygens (including phenoxy) is 2. The molecule has 4 heterocycles. The Morgan fingerprint density at radius 3 is 2.81 bits per heavy atom. The number of likely N-dealkylation sites (tertiary alicyclic amines) is 1. The minimum Gasteiger partial charge on any atom is -0.484 e. The predicted molar refractivity (Wildman–Crippen MR) is 98.7 cm³/mol. The molecule has 0 spiro atoms. The fraction of sp³-hybridized carbons (Fsp3) is 0.550. The van der Waals surface area contributed by atoms with Crippen LogP contribution in [0.2, 0.25) is 0 Å². The molecule has 0 aliphatic carbocycles. The summed E-state index contributed by atoms with van der Waals surface area (Å²) < 4.78 is 11.2. The Kier molecular flexibility index (Phi) is 4.76. The number of aryl methyl sites for hydroxylation is 2. The summed E-state index contributed by atoms with van der Waals surface area (Å²) in [6.45, 7) is 9.46. The maximum Gasteiger partial charge on any atom is 0.257 e. The van der Waals surface area contributed by atoms with Crippen LogP contribution in [0.25, 0.3) is 0 Å². The van der Waals surface area contributed by atoms with Crippen LogP contribution < -0.4 is 9.47 Å². The molecule has 1 fully saturated rings. The van der Waals surface area contributed by atoms with Gasteiger partial charge in [-0.1, -0.05) is 0 Å². The highest BCUT2D eigenvalue weighted by atomic mass is 16.6.